The number of ether oxygens (including phenoxy) is 1. The summed E-state index contributed by atoms with van der Waals surface area (Å²) in [6, 6.07) is 13.1. The molecule has 4 heteroatoms. The first-order valence-corrected chi connectivity index (χ1v) is 6.13. The number of nitriles is 1. The number of benzene rings is 2. The molecule has 0 atom stereocenters. The minimum absolute atomic E-state index is 0.581. The van der Waals surface area contributed by atoms with Crippen molar-refractivity contribution in [2.24, 2.45) is 0 Å². The molecule has 0 unspecified atom stereocenters. The summed E-state index contributed by atoms with van der Waals surface area (Å²) in [4.78, 5) is 0. The van der Waals surface area contributed by atoms with Gasteiger partial charge < -0.3 is 10.1 Å². The van der Waals surface area contributed by atoms with Crippen LogP contribution in [-0.2, 0) is 0 Å². The number of anilines is 2. The van der Waals surface area contributed by atoms with Crippen LogP contribution in [0.15, 0.2) is 36.4 Å². The predicted octanol–water partition coefficient (Wildman–Crippen LogP) is 4.27. The second-order valence-corrected chi connectivity index (χ2v) is 4.49. The van der Waals surface area contributed by atoms with E-state index in [1.807, 2.05) is 31.2 Å². The molecule has 3 nitrogen and oxygen atoms in total. The van der Waals surface area contributed by atoms with Gasteiger partial charge in [-0.25, -0.2) is 0 Å². The summed E-state index contributed by atoms with van der Waals surface area (Å²) in [6.07, 6.45) is 0. The number of para-hydroxylation sites is 1. The number of rotatable bonds is 3. The topological polar surface area (TPSA) is 45.0 Å². The highest BCUT2D eigenvalue weighted by atomic mass is 35.5. The molecule has 0 aromatic heterocycles. The third-order valence-electron chi connectivity index (χ3n) is 2.80. The van der Waals surface area contributed by atoms with E-state index in [2.05, 4.69) is 11.4 Å². The Bertz CT molecular complexity index is 647. The summed E-state index contributed by atoms with van der Waals surface area (Å²) < 4.78 is 5.30. The van der Waals surface area contributed by atoms with Gasteiger partial charge in [-0.05, 0) is 30.7 Å². The van der Waals surface area contributed by atoms with Crippen LogP contribution in [0.1, 0.15) is 11.1 Å². The highest BCUT2D eigenvalue weighted by Gasteiger charge is 2.09. The zero-order valence-electron chi connectivity index (χ0n) is 10.7. The van der Waals surface area contributed by atoms with Crippen LogP contribution in [-0.4, -0.2) is 7.11 Å². The fourth-order valence-electron chi connectivity index (χ4n) is 1.76. The molecule has 1 N–H and O–H groups in total. The molecule has 0 aliphatic rings. The first kappa shape index (κ1) is 13.3. The van der Waals surface area contributed by atoms with Crippen LogP contribution >= 0.6 is 11.6 Å². The molecule has 2 aromatic carbocycles. The average Bonchev–Trinajstić information content (AvgIpc) is 2.43. The molecule has 96 valence electrons. The Kier molecular flexibility index (Phi) is 3.94. The molecule has 2 rings (SSSR count). The van der Waals surface area contributed by atoms with Crippen molar-refractivity contribution >= 4 is 23.0 Å². The molecule has 2 aromatic rings. The Morgan fingerprint density at radius 3 is 2.63 bits per heavy atom. The highest BCUT2D eigenvalue weighted by molar-refractivity contribution is 6.31. The van der Waals surface area contributed by atoms with Gasteiger partial charge in [0, 0.05) is 11.1 Å². The van der Waals surface area contributed by atoms with Gasteiger partial charge in [-0.15, -0.1) is 0 Å². The lowest BCUT2D eigenvalue weighted by atomic mass is 10.1. The van der Waals surface area contributed by atoms with E-state index in [4.69, 9.17) is 21.6 Å². The van der Waals surface area contributed by atoms with Crippen molar-refractivity contribution in [3.63, 3.8) is 0 Å². The monoisotopic (exact) mass is 272 g/mol. The smallest absolute Gasteiger partial charge is 0.143 e. The molecule has 0 saturated heterocycles. The van der Waals surface area contributed by atoms with E-state index in [9.17, 15) is 0 Å². The molecule has 19 heavy (non-hydrogen) atoms. The molecule has 0 heterocycles. The molecule has 0 saturated carbocycles. The van der Waals surface area contributed by atoms with Gasteiger partial charge in [-0.3, -0.25) is 0 Å². The fourth-order valence-corrected chi connectivity index (χ4v) is 1.92. The summed E-state index contributed by atoms with van der Waals surface area (Å²) in [6.45, 7) is 1.92. The van der Waals surface area contributed by atoms with Crippen molar-refractivity contribution in [1.29, 1.82) is 5.26 Å². The van der Waals surface area contributed by atoms with E-state index in [-0.39, 0.29) is 0 Å². The molecule has 0 fully saturated rings. The maximum atomic E-state index is 9.08. The number of hydrogen-bond acceptors (Lipinski definition) is 3. The molecule has 0 radical (unpaired) electrons. The van der Waals surface area contributed by atoms with Gasteiger partial charge in [0.15, 0.2) is 0 Å². The van der Waals surface area contributed by atoms with Crippen molar-refractivity contribution in [2.45, 2.75) is 6.92 Å². The van der Waals surface area contributed by atoms with Crippen LogP contribution < -0.4 is 10.1 Å². The largest absolute Gasteiger partial charge is 0.495 e. The summed E-state index contributed by atoms with van der Waals surface area (Å²) in [5, 5.41) is 12.9. The van der Waals surface area contributed by atoms with Crippen molar-refractivity contribution in [2.75, 3.05) is 12.4 Å². The van der Waals surface area contributed by atoms with E-state index < -0.39 is 0 Å². The van der Waals surface area contributed by atoms with Gasteiger partial charge in [-0.1, -0.05) is 23.7 Å². The summed E-state index contributed by atoms with van der Waals surface area (Å²) >= 11 is 6.07. The number of methoxy groups -OCH3 is 1. The Hall–Kier alpha value is -2.18. The maximum Gasteiger partial charge on any atom is 0.143 e. The predicted molar refractivity (Wildman–Crippen MR) is 77.2 cm³/mol. The number of aryl methyl sites for hydroxylation is 1. The van der Waals surface area contributed by atoms with Crippen LogP contribution in [0, 0.1) is 18.3 Å². The van der Waals surface area contributed by atoms with Crippen molar-refractivity contribution in [3.05, 3.63) is 52.5 Å². The highest BCUT2D eigenvalue weighted by Crippen LogP contribution is 2.33. The lowest BCUT2D eigenvalue weighted by molar-refractivity contribution is 0.417. The van der Waals surface area contributed by atoms with Gasteiger partial charge in [0.1, 0.15) is 11.8 Å². The minimum atomic E-state index is 0.581. The van der Waals surface area contributed by atoms with Crippen molar-refractivity contribution in [3.8, 4) is 11.8 Å². The van der Waals surface area contributed by atoms with E-state index in [1.54, 1.807) is 19.2 Å². The molecule has 0 amide bonds. The van der Waals surface area contributed by atoms with Crippen LogP contribution in [0.2, 0.25) is 5.02 Å². The molecule has 0 aliphatic carbocycles. The van der Waals surface area contributed by atoms with E-state index >= 15 is 0 Å². The standard InChI is InChI=1S/C15H13ClN2O/c1-10-7-14(15(19-2)8-12(10)16)18-13-6-4-3-5-11(13)9-17/h3-8,18H,1-2H3. The SMILES string of the molecule is COc1cc(Cl)c(C)cc1Nc1ccccc1C#N. The summed E-state index contributed by atoms with van der Waals surface area (Å²) in [5.74, 6) is 0.642. The van der Waals surface area contributed by atoms with E-state index in [0.717, 1.165) is 16.9 Å². The lowest BCUT2D eigenvalue weighted by Crippen LogP contribution is -1.97. The minimum Gasteiger partial charge on any atom is -0.495 e. The lowest BCUT2D eigenvalue weighted by Gasteiger charge is -2.14. The van der Waals surface area contributed by atoms with Crippen LogP contribution in [0.25, 0.3) is 0 Å². The normalized spacial score (nSPS) is 9.79. The van der Waals surface area contributed by atoms with Crippen molar-refractivity contribution < 1.29 is 4.74 Å². The molecule has 0 bridgehead atoms. The Morgan fingerprint density at radius 2 is 1.95 bits per heavy atom. The maximum absolute atomic E-state index is 9.08. The van der Waals surface area contributed by atoms with Gasteiger partial charge in [0.25, 0.3) is 0 Å². The first-order valence-electron chi connectivity index (χ1n) is 5.76. The van der Waals surface area contributed by atoms with Gasteiger partial charge >= 0.3 is 0 Å². The number of hydrogen-bond donors (Lipinski definition) is 1. The second-order valence-electron chi connectivity index (χ2n) is 4.08. The van der Waals surface area contributed by atoms with E-state index in [0.29, 0.717) is 16.3 Å². The zero-order chi connectivity index (χ0) is 13.8. The molecule has 0 spiro atoms. The Morgan fingerprint density at radius 1 is 1.21 bits per heavy atom. The van der Waals surface area contributed by atoms with Gasteiger partial charge in [-0.2, -0.15) is 5.26 Å². The van der Waals surface area contributed by atoms with Crippen molar-refractivity contribution in [1.82, 2.24) is 0 Å². The number of nitrogens with zero attached hydrogens (tertiary/aromatic N) is 1. The second kappa shape index (κ2) is 5.64. The number of halogens is 1. The van der Waals surface area contributed by atoms with Gasteiger partial charge in [0.2, 0.25) is 0 Å². The van der Waals surface area contributed by atoms with Crippen LogP contribution in [0.4, 0.5) is 11.4 Å². The fraction of sp³-hybridized carbons (Fsp3) is 0.133. The third kappa shape index (κ3) is 2.81. The molecular weight excluding hydrogens is 260 g/mol. The Balaban J connectivity index is 2.44. The van der Waals surface area contributed by atoms with Crippen LogP contribution in [0.5, 0.6) is 5.75 Å². The zero-order valence-corrected chi connectivity index (χ0v) is 11.5. The molecule has 0 aliphatic heterocycles. The third-order valence-corrected chi connectivity index (χ3v) is 3.20. The summed E-state index contributed by atoms with van der Waals surface area (Å²) in [5.41, 5.74) is 3.05. The first-order chi connectivity index (χ1) is 9.15. The Labute approximate surface area is 117 Å². The van der Waals surface area contributed by atoms with Crippen LogP contribution in [0.3, 0.4) is 0 Å². The summed E-state index contributed by atoms with van der Waals surface area (Å²) in [7, 11) is 1.59. The van der Waals surface area contributed by atoms with E-state index in [1.165, 1.54) is 0 Å². The molecular formula is C15H13ClN2O. The number of nitrogens with one attached hydrogen (secondary N) is 1. The van der Waals surface area contributed by atoms with Gasteiger partial charge in [0.05, 0.1) is 24.0 Å². The average molecular weight is 273 g/mol. The quantitative estimate of drug-likeness (QED) is 0.907.